The Morgan fingerprint density at radius 1 is 1.26 bits per heavy atom. The lowest BCUT2D eigenvalue weighted by Gasteiger charge is -2.26. The van der Waals surface area contributed by atoms with Crippen LogP contribution in [0, 0.1) is 11.8 Å². The summed E-state index contributed by atoms with van der Waals surface area (Å²) in [6.45, 7) is 2.59. The number of carbonyl (C=O) groups is 2. The normalized spacial score (nSPS) is 27.3. The molecule has 1 aromatic rings. The van der Waals surface area contributed by atoms with Crippen LogP contribution in [0.25, 0.3) is 0 Å². The number of nitrogens with two attached hydrogens (primary N) is 1. The van der Waals surface area contributed by atoms with Gasteiger partial charge in [0.05, 0.1) is 0 Å². The molecule has 3 N–H and O–H groups in total. The molecule has 126 valence electrons. The van der Waals surface area contributed by atoms with Gasteiger partial charge in [-0.05, 0) is 24.4 Å². The summed E-state index contributed by atoms with van der Waals surface area (Å²) >= 11 is 0. The van der Waals surface area contributed by atoms with Crippen LogP contribution in [0.15, 0.2) is 30.3 Å². The van der Waals surface area contributed by atoms with Gasteiger partial charge in [0.1, 0.15) is 0 Å². The highest BCUT2D eigenvalue weighted by molar-refractivity contribution is 5.87. The molecule has 6 heteroatoms. The molecule has 0 bridgehead atoms. The molecule has 2 aliphatic heterocycles. The number of rotatable bonds is 3. The average Bonchev–Trinajstić information content (AvgIpc) is 2.99. The third-order valence-corrected chi connectivity index (χ3v) is 4.88. The molecule has 0 radical (unpaired) electrons. The first-order valence-corrected chi connectivity index (χ1v) is 7.99. The lowest BCUT2D eigenvalue weighted by atomic mass is 9.89. The molecule has 1 unspecified atom stereocenters. The molecule has 5 nitrogen and oxygen atoms in total. The number of amides is 2. The fourth-order valence-corrected chi connectivity index (χ4v) is 3.62. The number of likely N-dealkylation sites (tertiary alicyclic amines) is 1. The van der Waals surface area contributed by atoms with Gasteiger partial charge in [0.25, 0.3) is 0 Å². The minimum Gasteiger partial charge on any atom is -0.356 e. The molecule has 2 fully saturated rings. The SMILES string of the molecule is Cl.NC[C@@H]1CN(C(=O)C2CCNC(=O)C2)C[C@H]1c1ccccc1. The zero-order valence-corrected chi connectivity index (χ0v) is 13.9. The van der Waals surface area contributed by atoms with Crippen LogP contribution >= 0.6 is 12.4 Å². The van der Waals surface area contributed by atoms with Crippen LogP contribution in [0.5, 0.6) is 0 Å². The largest absolute Gasteiger partial charge is 0.356 e. The topological polar surface area (TPSA) is 75.4 Å². The summed E-state index contributed by atoms with van der Waals surface area (Å²) in [6, 6.07) is 10.3. The Morgan fingerprint density at radius 2 is 2.00 bits per heavy atom. The van der Waals surface area contributed by atoms with Crippen LogP contribution in [-0.2, 0) is 9.59 Å². The molecule has 23 heavy (non-hydrogen) atoms. The molecule has 3 atom stereocenters. The van der Waals surface area contributed by atoms with E-state index < -0.39 is 0 Å². The van der Waals surface area contributed by atoms with Gasteiger partial charge < -0.3 is 16.0 Å². The maximum Gasteiger partial charge on any atom is 0.226 e. The van der Waals surface area contributed by atoms with Crippen molar-refractivity contribution < 1.29 is 9.59 Å². The molecule has 0 aliphatic carbocycles. The molecular formula is C17H24ClN3O2. The Labute approximate surface area is 143 Å². The molecule has 0 aromatic heterocycles. The Hall–Kier alpha value is -1.59. The molecule has 1 aromatic carbocycles. The van der Waals surface area contributed by atoms with E-state index in [1.807, 2.05) is 23.1 Å². The van der Waals surface area contributed by atoms with E-state index in [1.165, 1.54) is 5.56 Å². The van der Waals surface area contributed by atoms with E-state index in [9.17, 15) is 9.59 Å². The number of hydrogen-bond acceptors (Lipinski definition) is 3. The van der Waals surface area contributed by atoms with Crippen molar-refractivity contribution in [2.45, 2.75) is 18.8 Å². The summed E-state index contributed by atoms with van der Waals surface area (Å²) < 4.78 is 0. The number of carbonyl (C=O) groups excluding carboxylic acids is 2. The molecule has 0 saturated carbocycles. The van der Waals surface area contributed by atoms with Crippen molar-refractivity contribution in [2.24, 2.45) is 17.6 Å². The van der Waals surface area contributed by atoms with Gasteiger partial charge in [-0.15, -0.1) is 12.4 Å². The second kappa shape index (κ2) is 7.79. The van der Waals surface area contributed by atoms with Crippen LogP contribution in [-0.4, -0.2) is 42.9 Å². The van der Waals surface area contributed by atoms with E-state index in [0.29, 0.717) is 44.4 Å². The smallest absolute Gasteiger partial charge is 0.226 e. The summed E-state index contributed by atoms with van der Waals surface area (Å²) in [4.78, 5) is 26.1. The first-order valence-electron chi connectivity index (χ1n) is 7.99. The van der Waals surface area contributed by atoms with Gasteiger partial charge in [-0.25, -0.2) is 0 Å². The zero-order valence-electron chi connectivity index (χ0n) is 13.1. The van der Waals surface area contributed by atoms with Crippen molar-refractivity contribution in [1.29, 1.82) is 0 Å². The minimum atomic E-state index is -0.165. The highest BCUT2D eigenvalue weighted by atomic mass is 35.5. The maximum absolute atomic E-state index is 12.7. The van der Waals surface area contributed by atoms with Gasteiger partial charge in [0.15, 0.2) is 0 Å². The van der Waals surface area contributed by atoms with Gasteiger partial charge in [0.2, 0.25) is 11.8 Å². The van der Waals surface area contributed by atoms with Crippen LogP contribution in [0.4, 0.5) is 0 Å². The summed E-state index contributed by atoms with van der Waals surface area (Å²) in [7, 11) is 0. The number of nitrogens with zero attached hydrogens (tertiary/aromatic N) is 1. The Morgan fingerprint density at radius 3 is 2.65 bits per heavy atom. The van der Waals surface area contributed by atoms with Crippen molar-refractivity contribution in [2.75, 3.05) is 26.2 Å². The summed E-state index contributed by atoms with van der Waals surface area (Å²) in [5, 5.41) is 2.78. The van der Waals surface area contributed by atoms with E-state index >= 15 is 0 Å². The van der Waals surface area contributed by atoms with Crippen molar-refractivity contribution in [3.05, 3.63) is 35.9 Å². The second-order valence-electron chi connectivity index (χ2n) is 6.30. The summed E-state index contributed by atoms with van der Waals surface area (Å²) in [5.74, 6) is 0.531. The van der Waals surface area contributed by atoms with E-state index in [1.54, 1.807) is 0 Å². The van der Waals surface area contributed by atoms with E-state index in [2.05, 4.69) is 17.4 Å². The van der Waals surface area contributed by atoms with Gasteiger partial charge in [-0.1, -0.05) is 30.3 Å². The molecule has 2 heterocycles. The summed E-state index contributed by atoms with van der Waals surface area (Å²) in [6.07, 6.45) is 1.06. The molecule has 3 rings (SSSR count). The molecule has 2 amide bonds. The monoisotopic (exact) mass is 337 g/mol. The van der Waals surface area contributed by atoms with Crippen molar-refractivity contribution in [3.8, 4) is 0 Å². The van der Waals surface area contributed by atoms with E-state index in [4.69, 9.17) is 5.73 Å². The van der Waals surface area contributed by atoms with Crippen LogP contribution < -0.4 is 11.1 Å². The highest BCUT2D eigenvalue weighted by Gasteiger charge is 2.38. The quantitative estimate of drug-likeness (QED) is 0.868. The first kappa shape index (κ1) is 17.8. The Bertz CT molecular complexity index is 552. The predicted molar refractivity (Wildman–Crippen MR) is 91.3 cm³/mol. The lowest BCUT2D eigenvalue weighted by Crippen LogP contribution is -2.42. The van der Waals surface area contributed by atoms with Crippen molar-refractivity contribution in [3.63, 3.8) is 0 Å². The summed E-state index contributed by atoms with van der Waals surface area (Å²) in [5.41, 5.74) is 7.17. The zero-order chi connectivity index (χ0) is 15.5. The minimum absolute atomic E-state index is 0. The lowest BCUT2D eigenvalue weighted by molar-refractivity contribution is -0.139. The maximum atomic E-state index is 12.7. The molecule has 0 spiro atoms. The Balaban J connectivity index is 0.00000192. The molecule has 2 saturated heterocycles. The number of hydrogen-bond donors (Lipinski definition) is 2. The van der Waals surface area contributed by atoms with Crippen LogP contribution in [0.1, 0.15) is 24.3 Å². The van der Waals surface area contributed by atoms with Gasteiger partial charge in [-0.2, -0.15) is 0 Å². The van der Waals surface area contributed by atoms with Crippen LogP contribution in [0.3, 0.4) is 0 Å². The fraction of sp³-hybridized carbons (Fsp3) is 0.529. The number of piperidine rings is 1. The van der Waals surface area contributed by atoms with Crippen molar-refractivity contribution >= 4 is 24.2 Å². The fourth-order valence-electron chi connectivity index (χ4n) is 3.62. The Kier molecular flexibility index (Phi) is 6.02. The van der Waals surface area contributed by atoms with Gasteiger partial charge in [-0.3, -0.25) is 9.59 Å². The third-order valence-electron chi connectivity index (χ3n) is 4.88. The standard InChI is InChI=1S/C17H23N3O2.ClH/c18-9-14-10-20(11-15(14)12-4-2-1-3-5-12)17(22)13-6-7-19-16(21)8-13;/h1-5,13-15H,6-11,18H2,(H,19,21);1H/t13?,14-,15+;/m1./s1. The molecular weight excluding hydrogens is 314 g/mol. The highest BCUT2D eigenvalue weighted by Crippen LogP contribution is 2.33. The van der Waals surface area contributed by atoms with E-state index in [0.717, 1.165) is 6.42 Å². The first-order chi connectivity index (χ1) is 10.7. The number of nitrogens with one attached hydrogen (secondary N) is 1. The third kappa shape index (κ3) is 3.85. The van der Waals surface area contributed by atoms with E-state index in [-0.39, 0.29) is 30.1 Å². The van der Waals surface area contributed by atoms with Gasteiger partial charge >= 0.3 is 0 Å². The van der Waals surface area contributed by atoms with Crippen LogP contribution in [0.2, 0.25) is 0 Å². The molecule has 2 aliphatic rings. The number of benzene rings is 1. The van der Waals surface area contributed by atoms with Crippen molar-refractivity contribution in [1.82, 2.24) is 10.2 Å². The van der Waals surface area contributed by atoms with Gasteiger partial charge in [0, 0.05) is 37.9 Å². The predicted octanol–water partition coefficient (Wildman–Crippen LogP) is 1.14. The average molecular weight is 338 g/mol. The number of halogens is 1. The second-order valence-corrected chi connectivity index (χ2v) is 6.30.